The third-order valence-electron chi connectivity index (χ3n) is 2.12. The average molecular weight is 227 g/mol. The van der Waals surface area contributed by atoms with Gasteiger partial charge in [0.25, 0.3) is 6.43 Å². The van der Waals surface area contributed by atoms with Crippen molar-refractivity contribution < 1.29 is 13.5 Å². The maximum absolute atomic E-state index is 12.7. The van der Waals surface area contributed by atoms with Crippen LogP contribution < -0.4 is 10.5 Å². The van der Waals surface area contributed by atoms with Crippen molar-refractivity contribution >= 4 is 0 Å². The standard InChI is InChI=1S/C10H11F2N3O/c1-16-9-4-6(10(11)12)7(5-14)8(15-9)2-3-13/h4,10H,2,5,14H2,1H3. The predicted molar refractivity (Wildman–Crippen MR) is 53.0 cm³/mol. The summed E-state index contributed by atoms with van der Waals surface area (Å²) in [5.41, 5.74) is 5.63. The number of methoxy groups -OCH3 is 1. The van der Waals surface area contributed by atoms with Crippen LogP contribution in [-0.2, 0) is 13.0 Å². The first kappa shape index (κ1) is 12.3. The Labute approximate surface area is 91.7 Å². The molecule has 6 heteroatoms. The summed E-state index contributed by atoms with van der Waals surface area (Å²) in [6.07, 6.45) is -2.73. The quantitative estimate of drug-likeness (QED) is 0.847. The summed E-state index contributed by atoms with van der Waals surface area (Å²) in [5, 5.41) is 8.57. The summed E-state index contributed by atoms with van der Waals surface area (Å²) in [6, 6.07) is 3.00. The van der Waals surface area contributed by atoms with Crippen molar-refractivity contribution in [1.82, 2.24) is 4.98 Å². The molecule has 0 bridgehead atoms. The topological polar surface area (TPSA) is 71.9 Å². The molecule has 4 nitrogen and oxygen atoms in total. The highest BCUT2D eigenvalue weighted by molar-refractivity contribution is 5.37. The van der Waals surface area contributed by atoms with Gasteiger partial charge in [-0.25, -0.2) is 13.8 Å². The summed E-state index contributed by atoms with van der Waals surface area (Å²) in [6.45, 7) is -0.0757. The third-order valence-corrected chi connectivity index (χ3v) is 2.12. The Hall–Kier alpha value is -1.74. The molecule has 0 radical (unpaired) electrons. The van der Waals surface area contributed by atoms with Crippen LogP contribution in [-0.4, -0.2) is 12.1 Å². The molecule has 0 aliphatic carbocycles. The molecular formula is C10H11F2N3O. The highest BCUT2D eigenvalue weighted by Gasteiger charge is 2.18. The second-order valence-corrected chi connectivity index (χ2v) is 3.02. The van der Waals surface area contributed by atoms with Crippen molar-refractivity contribution in [2.75, 3.05) is 7.11 Å². The minimum atomic E-state index is -2.66. The van der Waals surface area contributed by atoms with Crippen molar-refractivity contribution in [3.05, 3.63) is 22.9 Å². The fraction of sp³-hybridized carbons (Fsp3) is 0.400. The molecule has 2 N–H and O–H groups in total. The smallest absolute Gasteiger partial charge is 0.264 e. The molecule has 0 aliphatic heterocycles. The molecular weight excluding hydrogens is 216 g/mol. The first-order chi connectivity index (χ1) is 7.63. The number of nitrogens with two attached hydrogens (primary N) is 1. The van der Waals surface area contributed by atoms with Gasteiger partial charge in [0.05, 0.1) is 25.3 Å². The largest absolute Gasteiger partial charge is 0.481 e. The van der Waals surface area contributed by atoms with E-state index in [4.69, 9.17) is 15.7 Å². The normalized spacial score (nSPS) is 10.2. The number of alkyl halides is 2. The van der Waals surface area contributed by atoms with Gasteiger partial charge >= 0.3 is 0 Å². The predicted octanol–water partition coefficient (Wildman–Crippen LogP) is 1.55. The monoisotopic (exact) mass is 227 g/mol. The lowest BCUT2D eigenvalue weighted by atomic mass is 10.0. The Bertz CT molecular complexity index is 415. The Morgan fingerprint density at radius 3 is 2.75 bits per heavy atom. The van der Waals surface area contributed by atoms with Gasteiger partial charge in [0.15, 0.2) is 0 Å². The van der Waals surface area contributed by atoms with Gasteiger partial charge in [-0.1, -0.05) is 0 Å². The third kappa shape index (κ3) is 2.44. The molecule has 16 heavy (non-hydrogen) atoms. The number of rotatable bonds is 4. The molecule has 0 fully saturated rings. The molecule has 1 aromatic rings. The number of nitrogens with zero attached hydrogens (tertiary/aromatic N) is 2. The van der Waals surface area contributed by atoms with E-state index in [1.54, 1.807) is 0 Å². The van der Waals surface area contributed by atoms with E-state index in [1.807, 2.05) is 6.07 Å². The zero-order chi connectivity index (χ0) is 12.1. The van der Waals surface area contributed by atoms with Gasteiger partial charge in [-0.2, -0.15) is 5.26 Å². The van der Waals surface area contributed by atoms with Gasteiger partial charge in [-0.15, -0.1) is 0 Å². The summed E-state index contributed by atoms with van der Waals surface area (Å²) in [5.74, 6) is 0.0674. The van der Waals surface area contributed by atoms with Crippen LogP contribution in [0.1, 0.15) is 23.2 Å². The Morgan fingerprint density at radius 1 is 1.62 bits per heavy atom. The molecule has 0 aromatic carbocycles. The van der Waals surface area contributed by atoms with Crippen molar-refractivity contribution in [3.63, 3.8) is 0 Å². The molecule has 0 saturated heterocycles. The van der Waals surface area contributed by atoms with E-state index in [0.717, 1.165) is 6.07 Å². The van der Waals surface area contributed by atoms with Crippen LogP contribution in [0.25, 0.3) is 0 Å². The molecule has 86 valence electrons. The van der Waals surface area contributed by atoms with E-state index in [2.05, 4.69) is 4.98 Å². The van der Waals surface area contributed by atoms with Crippen LogP contribution in [0.2, 0.25) is 0 Å². The van der Waals surface area contributed by atoms with Crippen LogP contribution >= 0.6 is 0 Å². The Kier molecular flexibility index (Phi) is 4.14. The van der Waals surface area contributed by atoms with E-state index in [9.17, 15) is 8.78 Å². The van der Waals surface area contributed by atoms with E-state index >= 15 is 0 Å². The lowest BCUT2D eigenvalue weighted by Gasteiger charge is -2.12. The zero-order valence-electron chi connectivity index (χ0n) is 8.70. The fourth-order valence-electron chi connectivity index (χ4n) is 1.38. The maximum atomic E-state index is 12.7. The zero-order valence-corrected chi connectivity index (χ0v) is 8.70. The van der Waals surface area contributed by atoms with E-state index < -0.39 is 6.43 Å². The highest BCUT2D eigenvalue weighted by atomic mass is 19.3. The molecule has 0 aliphatic rings. The summed E-state index contributed by atoms with van der Waals surface area (Å²) < 4.78 is 30.3. The average Bonchev–Trinajstić information content (AvgIpc) is 2.28. The minimum Gasteiger partial charge on any atom is -0.481 e. The molecule has 0 saturated carbocycles. The van der Waals surface area contributed by atoms with Crippen LogP contribution in [0, 0.1) is 11.3 Å². The number of halogens is 2. The van der Waals surface area contributed by atoms with Crippen LogP contribution in [0.4, 0.5) is 8.78 Å². The lowest BCUT2D eigenvalue weighted by Crippen LogP contribution is -2.09. The molecule has 0 unspecified atom stereocenters. The summed E-state index contributed by atoms with van der Waals surface area (Å²) in [4.78, 5) is 3.94. The molecule has 1 aromatic heterocycles. The number of ether oxygens (including phenoxy) is 1. The lowest BCUT2D eigenvalue weighted by molar-refractivity contribution is 0.149. The van der Waals surface area contributed by atoms with Crippen LogP contribution in [0.5, 0.6) is 5.88 Å². The van der Waals surface area contributed by atoms with Crippen LogP contribution in [0.3, 0.4) is 0 Å². The molecule has 1 rings (SSSR count). The van der Waals surface area contributed by atoms with Gasteiger partial charge in [0, 0.05) is 18.2 Å². The SMILES string of the molecule is COc1cc(C(F)F)c(CN)c(CC#N)n1. The first-order valence-corrected chi connectivity index (χ1v) is 4.55. The fourth-order valence-corrected chi connectivity index (χ4v) is 1.38. The highest BCUT2D eigenvalue weighted by Crippen LogP contribution is 2.28. The maximum Gasteiger partial charge on any atom is 0.264 e. The van der Waals surface area contributed by atoms with Crippen molar-refractivity contribution in [2.45, 2.75) is 19.4 Å². The van der Waals surface area contributed by atoms with Gasteiger partial charge in [0.2, 0.25) is 5.88 Å². The molecule has 0 atom stereocenters. The first-order valence-electron chi connectivity index (χ1n) is 4.55. The van der Waals surface area contributed by atoms with Crippen LogP contribution in [0.15, 0.2) is 6.07 Å². The number of nitriles is 1. The van der Waals surface area contributed by atoms with Gasteiger partial charge in [0.1, 0.15) is 0 Å². The van der Waals surface area contributed by atoms with E-state index in [0.29, 0.717) is 0 Å². The van der Waals surface area contributed by atoms with E-state index in [-0.39, 0.29) is 35.7 Å². The second kappa shape index (κ2) is 5.37. The van der Waals surface area contributed by atoms with Gasteiger partial charge < -0.3 is 10.5 Å². The Morgan fingerprint density at radius 2 is 2.31 bits per heavy atom. The second-order valence-electron chi connectivity index (χ2n) is 3.02. The number of hydrogen-bond donors (Lipinski definition) is 1. The van der Waals surface area contributed by atoms with Crippen molar-refractivity contribution in [2.24, 2.45) is 5.73 Å². The molecule has 0 amide bonds. The number of hydrogen-bond acceptors (Lipinski definition) is 4. The van der Waals surface area contributed by atoms with Gasteiger partial charge in [-0.05, 0) is 5.56 Å². The molecule has 1 heterocycles. The van der Waals surface area contributed by atoms with Crippen molar-refractivity contribution in [3.8, 4) is 11.9 Å². The van der Waals surface area contributed by atoms with Gasteiger partial charge in [-0.3, -0.25) is 0 Å². The summed E-state index contributed by atoms with van der Waals surface area (Å²) in [7, 11) is 1.33. The number of pyridine rings is 1. The number of aromatic nitrogens is 1. The Balaban J connectivity index is 3.35. The minimum absolute atomic E-state index is 0.0660. The molecule has 0 spiro atoms. The van der Waals surface area contributed by atoms with Crippen molar-refractivity contribution in [1.29, 1.82) is 5.26 Å². The summed E-state index contributed by atoms with van der Waals surface area (Å²) >= 11 is 0. The van der Waals surface area contributed by atoms with E-state index in [1.165, 1.54) is 7.11 Å².